The third kappa shape index (κ3) is 1.97. The monoisotopic (exact) mass is 224 g/mol. The maximum Gasteiger partial charge on any atom is 0.229 e. The van der Waals surface area contributed by atoms with Crippen molar-refractivity contribution in [1.82, 2.24) is 10.2 Å². The highest BCUT2D eigenvalue weighted by Gasteiger charge is 2.43. The first kappa shape index (κ1) is 11.9. The molecule has 0 aromatic heterocycles. The minimum atomic E-state index is -0.00833. The van der Waals surface area contributed by atoms with Crippen LogP contribution in [0.3, 0.4) is 0 Å². The summed E-state index contributed by atoms with van der Waals surface area (Å²) in [7, 11) is 0. The lowest BCUT2D eigenvalue weighted by Crippen LogP contribution is -2.56. The van der Waals surface area contributed by atoms with Crippen molar-refractivity contribution >= 4 is 5.91 Å². The van der Waals surface area contributed by atoms with Crippen LogP contribution < -0.4 is 5.32 Å². The number of rotatable bonds is 2. The number of carbonyl (C=O) groups excluding carboxylic acids is 1. The topological polar surface area (TPSA) is 32.3 Å². The maximum atomic E-state index is 12.7. The van der Waals surface area contributed by atoms with E-state index in [-0.39, 0.29) is 5.41 Å². The van der Waals surface area contributed by atoms with Crippen LogP contribution in [0.2, 0.25) is 0 Å². The first-order valence-electron chi connectivity index (χ1n) is 6.71. The minimum Gasteiger partial charge on any atom is -0.337 e. The average Bonchev–Trinajstić information content (AvgIpc) is 2.78. The van der Waals surface area contributed by atoms with Gasteiger partial charge in [0.15, 0.2) is 0 Å². The summed E-state index contributed by atoms with van der Waals surface area (Å²) in [6, 6.07) is 0.366. The standard InChI is InChI=1S/C13H24N2O/c1-3-13(6-4-5-7-13)12(16)15-9-8-14-10-11(15)2/h11,14H,3-10H2,1-2H3/t11-/m0/s1. The molecule has 1 aliphatic carbocycles. The van der Waals surface area contributed by atoms with Crippen molar-refractivity contribution in [2.45, 2.75) is 52.0 Å². The van der Waals surface area contributed by atoms with Crippen molar-refractivity contribution in [3.8, 4) is 0 Å². The second-order valence-electron chi connectivity index (χ2n) is 5.39. The van der Waals surface area contributed by atoms with E-state index in [0.29, 0.717) is 11.9 Å². The molecule has 3 heteroatoms. The number of amides is 1. The summed E-state index contributed by atoms with van der Waals surface area (Å²) in [4.78, 5) is 14.8. The Bertz CT molecular complexity index is 259. The molecule has 0 aromatic rings. The van der Waals surface area contributed by atoms with E-state index >= 15 is 0 Å². The van der Waals surface area contributed by atoms with Gasteiger partial charge in [-0.3, -0.25) is 4.79 Å². The van der Waals surface area contributed by atoms with Crippen LogP contribution in [0.25, 0.3) is 0 Å². The number of carbonyl (C=O) groups is 1. The van der Waals surface area contributed by atoms with Crippen molar-refractivity contribution in [2.75, 3.05) is 19.6 Å². The Labute approximate surface area is 98.6 Å². The van der Waals surface area contributed by atoms with Gasteiger partial charge in [-0.2, -0.15) is 0 Å². The molecule has 2 fully saturated rings. The quantitative estimate of drug-likeness (QED) is 0.775. The molecule has 16 heavy (non-hydrogen) atoms. The summed E-state index contributed by atoms with van der Waals surface area (Å²) in [5.74, 6) is 0.432. The van der Waals surface area contributed by atoms with E-state index < -0.39 is 0 Å². The Kier molecular flexibility index (Phi) is 3.53. The third-order valence-electron chi connectivity index (χ3n) is 4.45. The van der Waals surface area contributed by atoms with Crippen molar-refractivity contribution in [3.63, 3.8) is 0 Å². The van der Waals surface area contributed by atoms with Gasteiger partial charge in [0.2, 0.25) is 5.91 Å². The minimum absolute atomic E-state index is 0.00833. The van der Waals surface area contributed by atoms with Gasteiger partial charge in [0, 0.05) is 31.1 Å². The summed E-state index contributed by atoms with van der Waals surface area (Å²) in [5, 5.41) is 3.35. The average molecular weight is 224 g/mol. The predicted octanol–water partition coefficient (Wildman–Crippen LogP) is 1.78. The molecule has 1 N–H and O–H groups in total. The van der Waals surface area contributed by atoms with Crippen LogP contribution in [-0.2, 0) is 4.79 Å². The van der Waals surface area contributed by atoms with E-state index in [9.17, 15) is 4.79 Å². The van der Waals surface area contributed by atoms with E-state index in [1.54, 1.807) is 0 Å². The number of nitrogens with one attached hydrogen (secondary N) is 1. The number of nitrogens with zero attached hydrogens (tertiary/aromatic N) is 1. The molecule has 0 bridgehead atoms. The second kappa shape index (κ2) is 4.74. The van der Waals surface area contributed by atoms with Crippen LogP contribution in [0.15, 0.2) is 0 Å². The van der Waals surface area contributed by atoms with E-state index in [1.807, 2.05) is 0 Å². The summed E-state index contributed by atoms with van der Waals surface area (Å²) in [6.45, 7) is 7.13. The normalized spacial score (nSPS) is 29.4. The molecule has 0 aromatic carbocycles. The molecule has 1 amide bonds. The van der Waals surface area contributed by atoms with Crippen LogP contribution in [-0.4, -0.2) is 36.5 Å². The Morgan fingerprint density at radius 3 is 2.69 bits per heavy atom. The van der Waals surface area contributed by atoms with Gasteiger partial charge in [-0.1, -0.05) is 19.8 Å². The molecule has 1 heterocycles. The second-order valence-corrected chi connectivity index (χ2v) is 5.39. The van der Waals surface area contributed by atoms with Crippen LogP contribution >= 0.6 is 0 Å². The fourth-order valence-electron chi connectivity index (χ4n) is 3.22. The van der Waals surface area contributed by atoms with Crippen LogP contribution in [0.4, 0.5) is 0 Å². The highest BCUT2D eigenvalue weighted by molar-refractivity contribution is 5.83. The first-order chi connectivity index (χ1) is 7.69. The number of piperazine rings is 1. The molecule has 1 aliphatic heterocycles. The van der Waals surface area contributed by atoms with E-state index in [1.165, 1.54) is 12.8 Å². The third-order valence-corrected chi connectivity index (χ3v) is 4.45. The number of hydrogen-bond acceptors (Lipinski definition) is 2. The summed E-state index contributed by atoms with van der Waals surface area (Å²) in [6.07, 6.45) is 5.71. The summed E-state index contributed by atoms with van der Waals surface area (Å²) < 4.78 is 0. The van der Waals surface area contributed by atoms with Gasteiger partial charge in [0.25, 0.3) is 0 Å². The van der Waals surface area contributed by atoms with Gasteiger partial charge >= 0.3 is 0 Å². The molecule has 3 nitrogen and oxygen atoms in total. The van der Waals surface area contributed by atoms with Crippen molar-refractivity contribution in [1.29, 1.82) is 0 Å². The molecule has 92 valence electrons. The van der Waals surface area contributed by atoms with Gasteiger partial charge in [-0.25, -0.2) is 0 Å². The Morgan fingerprint density at radius 1 is 1.44 bits per heavy atom. The fraction of sp³-hybridized carbons (Fsp3) is 0.923. The largest absolute Gasteiger partial charge is 0.337 e. The molecular weight excluding hydrogens is 200 g/mol. The van der Waals surface area contributed by atoms with Crippen LogP contribution in [0, 0.1) is 5.41 Å². The molecule has 0 radical (unpaired) electrons. The zero-order valence-electron chi connectivity index (χ0n) is 10.6. The Hall–Kier alpha value is -0.570. The zero-order valence-corrected chi connectivity index (χ0v) is 10.6. The van der Waals surface area contributed by atoms with Gasteiger partial charge in [-0.15, -0.1) is 0 Å². The highest BCUT2D eigenvalue weighted by Crippen LogP contribution is 2.42. The molecule has 0 spiro atoms. The van der Waals surface area contributed by atoms with E-state index in [2.05, 4.69) is 24.1 Å². The van der Waals surface area contributed by atoms with E-state index in [4.69, 9.17) is 0 Å². The van der Waals surface area contributed by atoms with E-state index in [0.717, 1.165) is 38.9 Å². The molecule has 1 saturated carbocycles. The van der Waals surface area contributed by atoms with Crippen LogP contribution in [0.5, 0.6) is 0 Å². The maximum absolute atomic E-state index is 12.7. The van der Waals surface area contributed by atoms with Crippen molar-refractivity contribution < 1.29 is 4.79 Å². The molecular formula is C13H24N2O. The van der Waals surface area contributed by atoms with Gasteiger partial charge < -0.3 is 10.2 Å². The number of hydrogen-bond donors (Lipinski definition) is 1. The lowest BCUT2D eigenvalue weighted by atomic mass is 9.81. The van der Waals surface area contributed by atoms with Crippen molar-refractivity contribution in [3.05, 3.63) is 0 Å². The zero-order chi connectivity index (χ0) is 11.6. The summed E-state index contributed by atoms with van der Waals surface area (Å²) >= 11 is 0. The lowest BCUT2D eigenvalue weighted by molar-refractivity contribution is -0.145. The first-order valence-corrected chi connectivity index (χ1v) is 6.71. The van der Waals surface area contributed by atoms with Gasteiger partial charge in [0.1, 0.15) is 0 Å². The Balaban J connectivity index is 2.10. The Morgan fingerprint density at radius 2 is 2.12 bits per heavy atom. The smallest absolute Gasteiger partial charge is 0.229 e. The highest BCUT2D eigenvalue weighted by atomic mass is 16.2. The predicted molar refractivity (Wildman–Crippen MR) is 65.2 cm³/mol. The fourth-order valence-corrected chi connectivity index (χ4v) is 3.22. The summed E-state index contributed by atoms with van der Waals surface area (Å²) in [5.41, 5.74) is -0.00833. The molecule has 0 unspecified atom stereocenters. The van der Waals surface area contributed by atoms with Gasteiger partial charge in [-0.05, 0) is 26.2 Å². The SMILES string of the molecule is CCC1(C(=O)N2CCNC[C@@H]2C)CCCC1. The van der Waals surface area contributed by atoms with Crippen molar-refractivity contribution in [2.24, 2.45) is 5.41 Å². The molecule has 2 aliphatic rings. The van der Waals surface area contributed by atoms with Gasteiger partial charge in [0.05, 0.1) is 0 Å². The van der Waals surface area contributed by atoms with Crippen LogP contribution in [0.1, 0.15) is 46.0 Å². The lowest BCUT2D eigenvalue weighted by Gasteiger charge is -2.40. The molecule has 1 atom stereocenters. The molecule has 1 saturated heterocycles. The molecule has 2 rings (SSSR count).